The summed E-state index contributed by atoms with van der Waals surface area (Å²) in [6.45, 7) is 3.96. The van der Waals surface area contributed by atoms with Crippen molar-refractivity contribution in [3.8, 4) is 0 Å². The van der Waals surface area contributed by atoms with Gasteiger partial charge in [0.05, 0.1) is 12.5 Å². The van der Waals surface area contributed by atoms with Gasteiger partial charge >= 0.3 is 5.97 Å². The maximum Gasteiger partial charge on any atom is 0.340 e. The first-order valence-corrected chi connectivity index (χ1v) is 6.44. The highest BCUT2D eigenvalue weighted by molar-refractivity contribution is 8.00. The highest BCUT2D eigenvalue weighted by Crippen LogP contribution is 2.47. The van der Waals surface area contributed by atoms with Crippen molar-refractivity contribution in [3.63, 3.8) is 0 Å². The van der Waals surface area contributed by atoms with Crippen molar-refractivity contribution >= 4 is 23.6 Å². The van der Waals surface area contributed by atoms with E-state index in [-0.39, 0.29) is 23.0 Å². The number of ether oxygens (including phenoxy) is 1. The van der Waals surface area contributed by atoms with Crippen LogP contribution in [-0.4, -0.2) is 45.7 Å². The van der Waals surface area contributed by atoms with Crippen molar-refractivity contribution in [2.45, 2.75) is 24.8 Å². The minimum Gasteiger partial charge on any atom is -0.509 e. The second-order valence-corrected chi connectivity index (χ2v) is 5.64. The Balaban J connectivity index is 2.45. The van der Waals surface area contributed by atoms with E-state index < -0.39 is 11.5 Å². The maximum absolute atomic E-state index is 11.9. The minimum atomic E-state index is -1.30. The molecule has 17 heavy (non-hydrogen) atoms. The van der Waals surface area contributed by atoms with Crippen molar-refractivity contribution in [3.05, 3.63) is 11.8 Å². The predicted octanol–water partition coefficient (Wildman–Crippen LogP) is 0.911. The fourth-order valence-corrected chi connectivity index (χ4v) is 3.94. The zero-order valence-electron chi connectivity index (χ0n) is 9.97. The van der Waals surface area contributed by atoms with E-state index in [1.807, 2.05) is 13.8 Å². The van der Waals surface area contributed by atoms with E-state index in [9.17, 15) is 14.7 Å². The van der Waals surface area contributed by atoms with E-state index in [0.29, 0.717) is 5.75 Å². The van der Waals surface area contributed by atoms with Crippen LogP contribution in [0.2, 0.25) is 0 Å². The van der Waals surface area contributed by atoms with Crippen LogP contribution in [0, 0.1) is 5.92 Å². The van der Waals surface area contributed by atoms with Crippen LogP contribution < -0.4 is 0 Å². The molecule has 2 rings (SSSR count). The number of rotatable bonds is 2. The third-order valence-electron chi connectivity index (χ3n) is 3.14. The normalized spacial score (nSPS) is 31.8. The predicted molar refractivity (Wildman–Crippen MR) is 63.4 cm³/mol. The summed E-state index contributed by atoms with van der Waals surface area (Å²) in [6.07, 6.45) is 1.12. The topological polar surface area (TPSA) is 66.8 Å². The van der Waals surface area contributed by atoms with Crippen molar-refractivity contribution in [1.29, 1.82) is 0 Å². The zero-order valence-corrected chi connectivity index (χ0v) is 10.8. The number of methoxy groups -OCH3 is 1. The smallest absolute Gasteiger partial charge is 0.340 e. The number of nitrogens with zero attached hydrogens (tertiary/aromatic N) is 1. The molecule has 1 fully saturated rings. The van der Waals surface area contributed by atoms with Crippen LogP contribution >= 0.6 is 11.8 Å². The Kier molecular flexibility index (Phi) is 2.85. The van der Waals surface area contributed by atoms with E-state index in [1.54, 1.807) is 0 Å². The van der Waals surface area contributed by atoms with Crippen LogP contribution in [0.4, 0.5) is 0 Å². The number of amides is 1. The van der Waals surface area contributed by atoms with Crippen LogP contribution in [0.1, 0.15) is 13.8 Å². The fraction of sp³-hybridized carbons (Fsp3) is 0.636. The van der Waals surface area contributed by atoms with E-state index in [1.165, 1.54) is 23.8 Å². The molecule has 0 aliphatic carbocycles. The third-order valence-corrected chi connectivity index (χ3v) is 4.82. The molecule has 94 valence electrons. The standard InChI is InChI=1S/C11H15NO4S/c1-6(2)9-12-8(14)4-7(13)11(12,5-17-9)10(15)16-3/h4,6,9,13H,5H2,1-3H3/t9-,11-/m1/s1. The number of aliphatic hydroxyl groups excluding tert-OH is 1. The maximum atomic E-state index is 11.9. The molecule has 0 spiro atoms. The summed E-state index contributed by atoms with van der Waals surface area (Å²) in [6, 6.07) is 0. The molecule has 1 N–H and O–H groups in total. The van der Waals surface area contributed by atoms with Crippen LogP contribution in [0.3, 0.4) is 0 Å². The molecule has 0 aromatic rings. The fourth-order valence-electron chi connectivity index (χ4n) is 2.31. The Labute approximate surface area is 104 Å². The molecule has 0 unspecified atom stereocenters. The molecule has 5 nitrogen and oxygen atoms in total. The first-order chi connectivity index (χ1) is 7.95. The number of hydrogen-bond acceptors (Lipinski definition) is 5. The molecule has 2 atom stereocenters. The lowest BCUT2D eigenvalue weighted by Gasteiger charge is -2.33. The largest absolute Gasteiger partial charge is 0.509 e. The number of thioether (sulfide) groups is 1. The summed E-state index contributed by atoms with van der Waals surface area (Å²) >= 11 is 1.50. The Hall–Kier alpha value is -1.17. The van der Waals surface area contributed by atoms with Crippen LogP contribution in [0.15, 0.2) is 11.8 Å². The molecule has 1 saturated heterocycles. The monoisotopic (exact) mass is 257 g/mol. The SMILES string of the molecule is COC(=O)[C@]12CS[C@H](C(C)C)N1C(=O)C=C2O. The van der Waals surface area contributed by atoms with Gasteiger partial charge in [-0.25, -0.2) is 4.79 Å². The molecule has 2 heterocycles. The number of fused-ring (bicyclic) bond motifs is 1. The zero-order chi connectivity index (χ0) is 12.8. The lowest BCUT2D eigenvalue weighted by Crippen LogP contribution is -2.55. The summed E-state index contributed by atoms with van der Waals surface area (Å²) in [4.78, 5) is 25.2. The van der Waals surface area contributed by atoms with Gasteiger partial charge in [-0.3, -0.25) is 4.79 Å². The molecule has 2 aliphatic rings. The first-order valence-electron chi connectivity index (χ1n) is 5.39. The average Bonchev–Trinajstić information content (AvgIpc) is 2.77. The third kappa shape index (κ3) is 1.46. The van der Waals surface area contributed by atoms with Gasteiger partial charge in [-0.15, -0.1) is 11.8 Å². The Morgan fingerprint density at radius 1 is 1.71 bits per heavy atom. The molecule has 0 bridgehead atoms. The van der Waals surface area contributed by atoms with Gasteiger partial charge in [0.25, 0.3) is 5.91 Å². The van der Waals surface area contributed by atoms with Gasteiger partial charge < -0.3 is 14.7 Å². The lowest BCUT2D eigenvalue weighted by molar-refractivity contribution is -0.156. The van der Waals surface area contributed by atoms with Gasteiger partial charge in [0, 0.05) is 11.8 Å². The second-order valence-electron chi connectivity index (χ2n) is 4.54. The summed E-state index contributed by atoms with van der Waals surface area (Å²) in [5.41, 5.74) is -1.30. The van der Waals surface area contributed by atoms with E-state index in [4.69, 9.17) is 4.74 Å². The van der Waals surface area contributed by atoms with Crippen LogP contribution in [0.5, 0.6) is 0 Å². The highest BCUT2D eigenvalue weighted by Gasteiger charge is 2.62. The van der Waals surface area contributed by atoms with Gasteiger partial charge in [-0.05, 0) is 5.92 Å². The second kappa shape index (κ2) is 3.94. The quantitative estimate of drug-likeness (QED) is 0.745. The van der Waals surface area contributed by atoms with Gasteiger partial charge in [0.2, 0.25) is 5.54 Å². The van der Waals surface area contributed by atoms with Crippen molar-refractivity contribution in [1.82, 2.24) is 4.90 Å². The number of carbonyl (C=O) groups is 2. The van der Waals surface area contributed by atoms with Crippen LogP contribution in [0.25, 0.3) is 0 Å². The lowest BCUT2D eigenvalue weighted by atomic mass is 9.99. The van der Waals surface area contributed by atoms with Crippen LogP contribution in [-0.2, 0) is 14.3 Å². The van der Waals surface area contributed by atoms with Gasteiger partial charge in [-0.1, -0.05) is 13.8 Å². The number of hydrogen-bond donors (Lipinski definition) is 1. The minimum absolute atomic E-state index is 0.109. The molecule has 0 aromatic heterocycles. The molecule has 0 saturated carbocycles. The van der Waals surface area contributed by atoms with E-state index >= 15 is 0 Å². The molecular weight excluding hydrogens is 242 g/mol. The van der Waals surface area contributed by atoms with Crippen molar-refractivity contribution in [2.75, 3.05) is 12.9 Å². The Morgan fingerprint density at radius 2 is 2.35 bits per heavy atom. The summed E-state index contributed by atoms with van der Waals surface area (Å²) in [5, 5.41) is 9.80. The molecule has 1 amide bonds. The average molecular weight is 257 g/mol. The summed E-state index contributed by atoms with van der Waals surface area (Å²) < 4.78 is 4.74. The van der Waals surface area contributed by atoms with Gasteiger partial charge in [0.15, 0.2) is 0 Å². The number of esters is 1. The molecule has 0 aromatic carbocycles. The Bertz CT molecular complexity index is 406. The molecule has 2 aliphatic heterocycles. The van der Waals surface area contributed by atoms with E-state index in [2.05, 4.69) is 0 Å². The summed E-state index contributed by atoms with van der Waals surface area (Å²) in [7, 11) is 1.26. The number of aliphatic hydroxyl groups is 1. The Morgan fingerprint density at radius 3 is 2.88 bits per heavy atom. The molecule has 0 radical (unpaired) electrons. The first kappa shape index (κ1) is 12.3. The van der Waals surface area contributed by atoms with Gasteiger partial charge in [-0.2, -0.15) is 0 Å². The highest BCUT2D eigenvalue weighted by atomic mass is 32.2. The van der Waals surface area contributed by atoms with Crippen molar-refractivity contribution < 1.29 is 19.4 Å². The summed E-state index contributed by atoms with van der Waals surface area (Å²) in [5.74, 6) is -0.555. The molecule has 6 heteroatoms. The van der Waals surface area contributed by atoms with E-state index in [0.717, 1.165) is 6.08 Å². The van der Waals surface area contributed by atoms with Gasteiger partial charge in [0.1, 0.15) is 5.76 Å². The van der Waals surface area contributed by atoms with Crippen molar-refractivity contribution in [2.24, 2.45) is 5.92 Å². The molecular formula is C11H15NO4S. The number of carbonyl (C=O) groups excluding carboxylic acids is 2.